The highest BCUT2D eigenvalue weighted by Gasteiger charge is 2.09. The van der Waals surface area contributed by atoms with E-state index >= 15 is 0 Å². The lowest BCUT2D eigenvalue weighted by Gasteiger charge is -2.08. The molecule has 0 aliphatic carbocycles. The number of hydrogen-bond donors (Lipinski definition) is 2. The van der Waals surface area contributed by atoms with Gasteiger partial charge >= 0.3 is 0 Å². The topological polar surface area (TPSA) is 77.8 Å². The summed E-state index contributed by atoms with van der Waals surface area (Å²) >= 11 is 7.32. The Hall–Kier alpha value is -1.46. The first-order valence-corrected chi connectivity index (χ1v) is 6.08. The minimum Gasteiger partial charge on any atom is -0.383 e. The van der Waals surface area contributed by atoms with Crippen LogP contribution in [0, 0.1) is 6.92 Å². The monoisotopic (exact) mass is 266 g/mol. The van der Waals surface area contributed by atoms with Crippen LogP contribution in [-0.2, 0) is 0 Å². The third-order valence-electron chi connectivity index (χ3n) is 2.11. The molecule has 1 aromatic carbocycles. The van der Waals surface area contributed by atoms with Gasteiger partial charge in [-0.15, -0.1) is 0 Å². The van der Waals surface area contributed by atoms with E-state index in [4.69, 9.17) is 23.1 Å². The molecule has 1 aromatic heterocycles. The van der Waals surface area contributed by atoms with Crippen LogP contribution in [0.1, 0.15) is 5.69 Å². The van der Waals surface area contributed by atoms with Gasteiger partial charge in [0, 0.05) is 9.92 Å². The van der Waals surface area contributed by atoms with Gasteiger partial charge in [0.05, 0.1) is 10.6 Å². The Bertz CT molecular complexity index is 519. The standard InChI is InChI=1S/C11H11ClN4S/c1-6-9(10(13)16-11(14)15-6)17-8-4-2-7(12)3-5-8/h2-5H,1H3,(H4,13,14,15,16). The molecule has 0 saturated heterocycles. The molecule has 0 bridgehead atoms. The van der Waals surface area contributed by atoms with Crippen molar-refractivity contribution in [2.75, 3.05) is 11.5 Å². The largest absolute Gasteiger partial charge is 0.383 e. The average molecular weight is 267 g/mol. The minimum atomic E-state index is 0.195. The molecule has 0 saturated carbocycles. The Balaban J connectivity index is 2.33. The van der Waals surface area contributed by atoms with Crippen LogP contribution in [0.4, 0.5) is 11.8 Å². The highest BCUT2D eigenvalue weighted by atomic mass is 35.5. The molecule has 1 heterocycles. The quantitative estimate of drug-likeness (QED) is 0.874. The Morgan fingerprint density at radius 2 is 1.76 bits per heavy atom. The number of benzene rings is 1. The van der Waals surface area contributed by atoms with Crippen molar-refractivity contribution in [1.29, 1.82) is 0 Å². The van der Waals surface area contributed by atoms with Crippen molar-refractivity contribution in [2.45, 2.75) is 16.7 Å². The SMILES string of the molecule is Cc1nc(N)nc(N)c1Sc1ccc(Cl)cc1. The third kappa shape index (κ3) is 2.81. The Kier molecular flexibility index (Phi) is 3.40. The fourth-order valence-corrected chi connectivity index (χ4v) is 2.33. The Morgan fingerprint density at radius 1 is 1.12 bits per heavy atom. The van der Waals surface area contributed by atoms with E-state index in [0.717, 1.165) is 15.5 Å². The summed E-state index contributed by atoms with van der Waals surface area (Å²) in [5.41, 5.74) is 12.1. The first-order valence-electron chi connectivity index (χ1n) is 4.89. The van der Waals surface area contributed by atoms with Crippen molar-refractivity contribution in [3.63, 3.8) is 0 Å². The zero-order chi connectivity index (χ0) is 12.4. The molecule has 2 rings (SSSR count). The molecule has 17 heavy (non-hydrogen) atoms. The van der Waals surface area contributed by atoms with Gasteiger partial charge in [0.2, 0.25) is 5.95 Å². The van der Waals surface area contributed by atoms with Gasteiger partial charge < -0.3 is 11.5 Å². The maximum atomic E-state index is 5.82. The predicted molar refractivity (Wildman–Crippen MR) is 71.2 cm³/mol. The van der Waals surface area contributed by atoms with Crippen LogP contribution in [0.25, 0.3) is 0 Å². The van der Waals surface area contributed by atoms with Gasteiger partial charge in [0.15, 0.2) is 0 Å². The third-order valence-corrected chi connectivity index (χ3v) is 3.58. The van der Waals surface area contributed by atoms with Crippen LogP contribution < -0.4 is 11.5 Å². The van der Waals surface area contributed by atoms with Gasteiger partial charge in [0.25, 0.3) is 0 Å². The summed E-state index contributed by atoms with van der Waals surface area (Å²) in [6, 6.07) is 7.49. The molecule has 0 amide bonds. The van der Waals surface area contributed by atoms with E-state index in [1.807, 2.05) is 31.2 Å². The summed E-state index contributed by atoms with van der Waals surface area (Å²) in [5, 5.41) is 0.701. The van der Waals surface area contributed by atoms with Crippen LogP contribution in [0.2, 0.25) is 5.02 Å². The second-order valence-electron chi connectivity index (χ2n) is 3.44. The number of anilines is 2. The van der Waals surface area contributed by atoms with Crippen molar-refractivity contribution in [2.24, 2.45) is 0 Å². The van der Waals surface area contributed by atoms with Gasteiger partial charge in [-0.05, 0) is 31.2 Å². The Labute approximate surface area is 108 Å². The number of nitrogens with zero attached hydrogens (tertiary/aromatic N) is 2. The molecule has 0 unspecified atom stereocenters. The van der Waals surface area contributed by atoms with Crippen LogP contribution in [-0.4, -0.2) is 9.97 Å². The Morgan fingerprint density at radius 3 is 2.35 bits per heavy atom. The summed E-state index contributed by atoms with van der Waals surface area (Å²) in [4.78, 5) is 9.88. The normalized spacial score (nSPS) is 10.5. The molecule has 0 atom stereocenters. The maximum absolute atomic E-state index is 5.82. The van der Waals surface area contributed by atoms with Crippen molar-refractivity contribution in [3.8, 4) is 0 Å². The van der Waals surface area contributed by atoms with Gasteiger partial charge in [-0.3, -0.25) is 0 Å². The highest BCUT2D eigenvalue weighted by molar-refractivity contribution is 7.99. The van der Waals surface area contributed by atoms with E-state index in [2.05, 4.69) is 9.97 Å². The van der Waals surface area contributed by atoms with Gasteiger partial charge in [-0.25, -0.2) is 4.98 Å². The molecule has 2 aromatic rings. The molecular weight excluding hydrogens is 256 g/mol. The zero-order valence-corrected chi connectivity index (χ0v) is 10.7. The summed E-state index contributed by atoms with van der Waals surface area (Å²) in [7, 11) is 0. The summed E-state index contributed by atoms with van der Waals surface area (Å²) in [5.74, 6) is 0.593. The van der Waals surface area contributed by atoms with Crippen LogP contribution >= 0.6 is 23.4 Å². The fourth-order valence-electron chi connectivity index (χ4n) is 1.35. The lowest BCUT2D eigenvalue weighted by molar-refractivity contribution is 1.05. The zero-order valence-electron chi connectivity index (χ0n) is 9.14. The average Bonchev–Trinajstić information content (AvgIpc) is 2.26. The number of aryl methyl sites for hydroxylation is 1. The second kappa shape index (κ2) is 4.81. The molecule has 0 aliphatic rings. The summed E-state index contributed by atoms with van der Waals surface area (Å²) in [6.07, 6.45) is 0. The smallest absolute Gasteiger partial charge is 0.222 e. The van der Waals surface area contributed by atoms with E-state index in [-0.39, 0.29) is 5.95 Å². The first-order chi connectivity index (χ1) is 8.06. The highest BCUT2D eigenvalue weighted by Crippen LogP contribution is 2.33. The van der Waals surface area contributed by atoms with E-state index in [1.54, 1.807) is 0 Å². The molecule has 4 nitrogen and oxygen atoms in total. The van der Waals surface area contributed by atoms with Crippen molar-refractivity contribution in [1.82, 2.24) is 9.97 Å². The number of nitrogen functional groups attached to an aromatic ring is 2. The van der Waals surface area contributed by atoms with E-state index in [0.29, 0.717) is 10.8 Å². The molecule has 0 radical (unpaired) electrons. The molecule has 88 valence electrons. The number of nitrogens with two attached hydrogens (primary N) is 2. The molecule has 0 spiro atoms. The van der Waals surface area contributed by atoms with Crippen LogP contribution in [0.3, 0.4) is 0 Å². The van der Waals surface area contributed by atoms with E-state index < -0.39 is 0 Å². The van der Waals surface area contributed by atoms with Gasteiger partial charge in [-0.2, -0.15) is 4.98 Å². The van der Waals surface area contributed by atoms with Crippen molar-refractivity contribution in [3.05, 3.63) is 35.0 Å². The molecular formula is C11H11ClN4S. The van der Waals surface area contributed by atoms with Gasteiger partial charge in [-0.1, -0.05) is 23.4 Å². The number of halogens is 1. The molecule has 6 heteroatoms. The number of aromatic nitrogens is 2. The van der Waals surface area contributed by atoms with Crippen LogP contribution in [0.5, 0.6) is 0 Å². The lowest BCUT2D eigenvalue weighted by atomic mass is 10.4. The number of hydrogen-bond acceptors (Lipinski definition) is 5. The predicted octanol–water partition coefficient (Wildman–Crippen LogP) is 2.75. The van der Waals surface area contributed by atoms with Crippen molar-refractivity contribution >= 4 is 35.1 Å². The van der Waals surface area contributed by atoms with Crippen LogP contribution in [0.15, 0.2) is 34.1 Å². The number of rotatable bonds is 2. The van der Waals surface area contributed by atoms with Crippen molar-refractivity contribution < 1.29 is 0 Å². The molecule has 0 fully saturated rings. The summed E-state index contributed by atoms with van der Waals surface area (Å²) < 4.78 is 0. The first kappa shape index (κ1) is 12.0. The minimum absolute atomic E-state index is 0.195. The molecule has 4 N–H and O–H groups in total. The van der Waals surface area contributed by atoms with E-state index in [9.17, 15) is 0 Å². The summed E-state index contributed by atoms with van der Waals surface area (Å²) in [6.45, 7) is 1.85. The maximum Gasteiger partial charge on any atom is 0.222 e. The molecule has 0 aliphatic heterocycles. The fraction of sp³-hybridized carbons (Fsp3) is 0.0909. The van der Waals surface area contributed by atoms with E-state index in [1.165, 1.54) is 11.8 Å². The second-order valence-corrected chi connectivity index (χ2v) is 4.96. The van der Waals surface area contributed by atoms with Gasteiger partial charge in [0.1, 0.15) is 5.82 Å². The lowest BCUT2D eigenvalue weighted by Crippen LogP contribution is -2.03.